The molecule has 0 aliphatic carbocycles. The zero-order chi connectivity index (χ0) is 19.2. The molecule has 0 radical (unpaired) electrons. The van der Waals surface area contributed by atoms with Crippen LogP contribution in [0.3, 0.4) is 0 Å². The summed E-state index contributed by atoms with van der Waals surface area (Å²) in [4.78, 5) is 24.9. The first-order valence-electron chi connectivity index (χ1n) is 8.52. The number of halogens is 1. The summed E-state index contributed by atoms with van der Waals surface area (Å²) in [7, 11) is 0. The van der Waals surface area contributed by atoms with Crippen molar-refractivity contribution in [3.63, 3.8) is 0 Å². The average molecular weight is 379 g/mol. The van der Waals surface area contributed by atoms with E-state index >= 15 is 0 Å². The van der Waals surface area contributed by atoms with Crippen molar-refractivity contribution >= 4 is 29.1 Å². The lowest BCUT2D eigenvalue weighted by atomic mass is 10.1. The van der Waals surface area contributed by atoms with E-state index in [1.807, 2.05) is 31.2 Å². The summed E-state index contributed by atoms with van der Waals surface area (Å²) in [5.41, 5.74) is 3.52. The van der Waals surface area contributed by atoms with Crippen LogP contribution in [0.5, 0.6) is 0 Å². The van der Waals surface area contributed by atoms with Gasteiger partial charge in [-0.25, -0.2) is 0 Å². The molecule has 4 nitrogen and oxygen atoms in total. The Balaban J connectivity index is 1.67. The molecule has 0 unspecified atom stereocenters. The van der Waals surface area contributed by atoms with Crippen LogP contribution in [0.4, 0.5) is 5.69 Å². The Labute approximate surface area is 163 Å². The molecule has 136 valence electrons. The van der Waals surface area contributed by atoms with E-state index in [1.54, 1.807) is 48.5 Å². The van der Waals surface area contributed by atoms with Gasteiger partial charge in [-0.15, -0.1) is 0 Å². The van der Waals surface area contributed by atoms with Gasteiger partial charge in [0.15, 0.2) is 0 Å². The molecular formula is C22H19ClN2O2. The molecular weight excluding hydrogens is 360 g/mol. The summed E-state index contributed by atoms with van der Waals surface area (Å²) in [6.45, 7) is 2.44. The van der Waals surface area contributed by atoms with E-state index in [0.29, 0.717) is 28.4 Å². The molecule has 0 saturated carbocycles. The number of anilines is 1. The highest BCUT2D eigenvalue weighted by Gasteiger charge is 2.12. The minimum absolute atomic E-state index is 0.233. The van der Waals surface area contributed by atoms with Crippen molar-refractivity contribution in [2.75, 3.05) is 5.32 Å². The summed E-state index contributed by atoms with van der Waals surface area (Å²) >= 11 is 6.07. The van der Waals surface area contributed by atoms with Crippen LogP contribution in [0.1, 0.15) is 31.8 Å². The maximum atomic E-state index is 12.5. The number of benzene rings is 3. The number of amides is 2. The van der Waals surface area contributed by atoms with E-state index in [0.717, 1.165) is 5.56 Å². The number of hydrogen-bond acceptors (Lipinski definition) is 2. The zero-order valence-electron chi connectivity index (χ0n) is 14.8. The summed E-state index contributed by atoms with van der Waals surface area (Å²) in [6, 6.07) is 21.5. The van der Waals surface area contributed by atoms with Crippen molar-refractivity contribution in [1.82, 2.24) is 5.32 Å². The van der Waals surface area contributed by atoms with Gasteiger partial charge < -0.3 is 10.6 Å². The third-order valence-corrected chi connectivity index (χ3v) is 4.41. The molecule has 0 aliphatic rings. The highest BCUT2D eigenvalue weighted by atomic mass is 35.5. The van der Waals surface area contributed by atoms with Crippen molar-refractivity contribution in [2.24, 2.45) is 0 Å². The van der Waals surface area contributed by atoms with Gasteiger partial charge in [-0.3, -0.25) is 9.59 Å². The van der Waals surface area contributed by atoms with Crippen LogP contribution in [0.15, 0.2) is 72.8 Å². The van der Waals surface area contributed by atoms with Crippen LogP contribution in [0.25, 0.3) is 0 Å². The second-order valence-electron chi connectivity index (χ2n) is 6.18. The molecule has 0 saturated heterocycles. The first kappa shape index (κ1) is 18.7. The number of para-hydroxylation sites is 1. The number of aryl methyl sites for hydroxylation is 1. The Morgan fingerprint density at radius 1 is 0.852 bits per heavy atom. The van der Waals surface area contributed by atoms with Crippen LogP contribution in [0.2, 0.25) is 5.02 Å². The topological polar surface area (TPSA) is 58.2 Å². The van der Waals surface area contributed by atoms with Gasteiger partial charge in [0.25, 0.3) is 11.8 Å². The Morgan fingerprint density at radius 2 is 1.52 bits per heavy atom. The van der Waals surface area contributed by atoms with E-state index in [4.69, 9.17) is 11.6 Å². The predicted octanol–water partition coefficient (Wildman–Crippen LogP) is 4.83. The second-order valence-corrected chi connectivity index (χ2v) is 6.59. The summed E-state index contributed by atoms with van der Waals surface area (Å²) < 4.78 is 0. The molecule has 5 heteroatoms. The third-order valence-electron chi connectivity index (χ3n) is 4.08. The first-order valence-corrected chi connectivity index (χ1v) is 8.90. The maximum Gasteiger partial charge on any atom is 0.255 e. The summed E-state index contributed by atoms with van der Waals surface area (Å²) in [5, 5.41) is 6.08. The second kappa shape index (κ2) is 8.52. The fourth-order valence-electron chi connectivity index (χ4n) is 2.55. The number of rotatable bonds is 5. The van der Waals surface area contributed by atoms with Crippen molar-refractivity contribution in [3.8, 4) is 0 Å². The third kappa shape index (κ3) is 4.96. The molecule has 0 fully saturated rings. The largest absolute Gasteiger partial charge is 0.348 e. The first-order chi connectivity index (χ1) is 13.0. The van der Waals surface area contributed by atoms with Gasteiger partial charge in [0, 0.05) is 17.7 Å². The number of nitrogens with one attached hydrogen (secondary N) is 2. The molecule has 3 aromatic carbocycles. The molecule has 3 aromatic rings. The minimum Gasteiger partial charge on any atom is -0.348 e. The average Bonchev–Trinajstić information content (AvgIpc) is 2.69. The molecule has 2 N–H and O–H groups in total. The van der Waals surface area contributed by atoms with E-state index in [-0.39, 0.29) is 11.8 Å². The summed E-state index contributed by atoms with van der Waals surface area (Å²) in [6.07, 6.45) is 0. The molecule has 0 bridgehead atoms. The molecule has 0 spiro atoms. The smallest absolute Gasteiger partial charge is 0.255 e. The molecule has 27 heavy (non-hydrogen) atoms. The number of hydrogen-bond donors (Lipinski definition) is 2. The van der Waals surface area contributed by atoms with Gasteiger partial charge in [-0.05, 0) is 42.8 Å². The van der Waals surface area contributed by atoms with Crippen LogP contribution < -0.4 is 10.6 Å². The quantitative estimate of drug-likeness (QED) is 0.668. The fraction of sp³-hybridized carbons (Fsp3) is 0.0909. The lowest BCUT2D eigenvalue weighted by molar-refractivity contribution is 0.0951. The number of carbonyl (C=O) groups is 2. The Hall–Kier alpha value is -3.11. The van der Waals surface area contributed by atoms with Gasteiger partial charge in [-0.2, -0.15) is 0 Å². The van der Waals surface area contributed by atoms with E-state index in [1.165, 1.54) is 5.56 Å². The van der Waals surface area contributed by atoms with E-state index in [9.17, 15) is 9.59 Å². The molecule has 2 amide bonds. The van der Waals surface area contributed by atoms with E-state index in [2.05, 4.69) is 10.6 Å². The lowest BCUT2D eigenvalue weighted by Crippen LogP contribution is -2.23. The monoisotopic (exact) mass is 378 g/mol. The van der Waals surface area contributed by atoms with Gasteiger partial charge >= 0.3 is 0 Å². The van der Waals surface area contributed by atoms with Gasteiger partial charge in [0.05, 0.1) is 10.7 Å². The van der Waals surface area contributed by atoms with Crippen molar-refractivity contribution in [1.29, 1.82) is 0 Å². The lowest BCUT2D eigenvalue weighted by Gasteiger charge is -2.09. The van der Waals surface area contributed by atoms with Crippen LogP contribution in [-0.4, -0.2) is 11.8 Å². The van der Waals surface area contributed by atoms with Gasteiger partial charge in [0.1, 0.15) is 0 Å². The fourth-order valence-corrected chi connectivity index (χ4v) is 2.73. The highest BCUT2D eigenvalue weighted by molar-refractivity contribution is 6.33. The molecule has 0 aliphatic heterocycles. The Kier molecular flexibility index (Phi) is 5.89. The Bertz CT molecular complexity index is 968. The molecule has 0 aromatic heterocycles. The maximum absolute atomic E-state index is 12.5. The normalized spacial score (nSPS) is 10.3. The van der Waals surface area contributed by atoms with Crippen LogP contribution >= 0.6 is 11.6 Å². The summed E-state index contributed by atoms with van der Waals surface area (Å²) in [5.74, 6) is -0.556. The van der Waals surface area contributed by atoms with Crippen LogP contribution in [-0.2, 0) is 6.54 Å². The van der Waals surface area contributed by atoms with Gasteiger partial charge in [0.2, 0.25) is 0 Å². The van der Waals surface area contributed by atoms with Crippen molar-refractivity contribution in [3.05, 3.63) is 100 Å². The molecule has 0 heterocycles. The van der Waals surface area contributed by atoms with Crippen molar-refractivity contribution < 1.29 is 9.59 Å². The molecule has 0 atom stereocenters. The van der Waals surface area contributed by atoms with E-state index < -0.39 is 0 Å². The van der Waals surface area contributed by atoms with Gasteiger partial charge in [-0.1, -0.05) is 59.6 Å². The standard InChI is InChI=1S/C22H19ClN2O2/c1-15-9-11-16(12-10-15)14-24-21(26)17-5-4-6-18(13-17)22(27)25-20-8-3-2-7-19(20)23/h2-13H,14H2,1H3,(H,24,26)(H,25,27). The van der Waals surface area contributed by atoms with Crippen molar-refractivity contribution in [2.45, 2.75) is 13.5 Å². The number of carbonyl (C=O) groups excluding carboxylic acids is 2. The Morgan fingerprint density at radius 3 is 2.22 bits per heavy atom. The van der Waals surface area contributed by atoms with Crippen LogP contribution in [0, 0.1) is 6.92 Å². The minimum atomic E-state index is -0.323. The SMILES string of the molecule is Cc1ccc(CNC(=O)c2cccc(C(=O)Nc3ccccc3Cl)c2)cc1. The highest BCUT2D eigenvalue weighted by Crippen LogP contribution is 2.21. The predicted molar refractivity (Wildman–Crippen MR) is 108 cm³/mol. The molecule has 3 rings (SSSR count). The zero-order valence-corrected chi connectivity index (χ0v) is 15.6.